The molecular weight excluding hydrogens is 305 g/mol. The smallest absolute Gasteiger partial charge is 0.376 e. The molecule has 0 bridgehead atoms. The molecule has 0 heterocycles. The van der Waals surface area contributed by atoms with Gasteiger partial charge in [-0.2, -0.15) is 0 Å². The first kappa shape index (κ1) is 16.8. The van der Waals surface area contributed by atoms with Gasteiger partial charge in [0, 0.05) is 21.3 Å². The molecule has 0 spiro atoms. The molecule has 20 heavy (non-hydrogen) atoms. The average molecular weight is 317 g/mol. The van der Waals surface area contributed by atoms with E-state index in [1.807, 2.05) is 0 Å². The highest BCUT2D eigenvalue weighted by atomic mass is 28.4. The lowest BCUT2D eigenvalue weighted by atomic mass is 10.2. The van der Waals surface area contributed by atoms with Crippen LogP contribution in [0, 0.1) is 29.1 Å². The number of rotatable bonds is 6. The maximum atomic E-state index is 13.4. The van der Waals surface area contributed by atoms with Crippen molar-refractivity contribution < 1.29 is 35.2 Å². The summed E-state index contributed by atoms with van der Waals surface area (Å²) in [5.74, 6) is -10.2. The molecule has 1 N–H and O–H groups in total. The van der Waals surface area contributed by atoms with Gasteiger partial charge < -0.3 is 18.6 Å². The van der Waals surface area contributed by atoms with Crippen molar-refractivity contribution in [2.24, 2.45) is 0 Å². The summed E-state index contributed by atoms with van der Waals surface area (Å²) in [7, 11) is 0.429. The minimum absolute atomic E-state index is 0.380. The van der Waals surface area contributed by atoms with Gasteiger partial charge in [0.2, 0.25) is 5.82 Å². The minimum atomic E-state index is -3.28. The maximum absolute atomic E-state index is 13.4. The predicted octanol–water partition coefficient (Wildman–Crippen LogP) is 2.21. The van der Waals surface area contributed by atoms with Crippen LogP contribution in [0.4, 0.5) is 27.6 Å². The number of anilines is 1. The number of benzene rings is 1. The van der Waals surface area contributed by atoms with Crippen molar-refractivity contribution >= 4 is 14.5 Å². The SMILES string of the molecule is CO[Si](CNc1c(F)c(F)c(F)c(F)c1F)(OC)OC. The molecule has 114 valence electrons. The van der Waals surface area contributed by atoms with Crippen LogP contribution in [-0.2, 0) is 13.3 Å². The first-order valence-corrected chi connectivity index (χ1v) is 7.17. The first-order valence-electron chi connectivity index (χ1n) is 5.24. The normalized spacial score (nSPS) is 11.8. The van der Waals surface area contributed by atoms with Crippen molar-refractivity contribution in [3.05, 3.63) is 29.1 Å². The summed E-state index contributed by atoms with van der Waals surface area (Å²) in [6, 6.07) is 0. The molecule has 0 fully saturated rings. The number of hydrogen-bond acceptors (Lipinski definition) is 4. The zero-order valence-corrected chi connectivity index (χ0v) is 11.8. The quantitative estimate of drug-likeness (QED) is 0.378. The van der Waals surface area contributed by atoms with Gasteiger partial charge in [-0.1, -0.05) is 0 Å². The molecule has 0 amide bonds. The Morgan fingerprint density at radius 2 is 1.10 bits per heavy atom. The Hall–Kier alpha value is -1.23. The molecular formula is C10H12F5NO3Si. The lowest BCUT2D eigenvalue weighted by molar-refractivity contribution is 0.127. The van der Waals surface area contributed by atoms with Crippen molar-refractivity contribution in [2.75, 3.05) is 32.8 Å². The molecule has 0 saturated heterocycles. The molecule has 0 aliphatic carbocycles. The van der Waals surface area contributed by atoms with Gasteiger partial charge in [0.05, 0.1) is 6.17 Å². The molecule has 10 heteroatoms. The van der Waals surface area contributed by atoms with Crippen LogP contribution in [0.3, 0.4) is 0 Å². The lowest BCUT2D eigenvalue weighted by Crippen LogP contribution is -2.50. The molecule has 0 aliphatic rings. The third-order valence-corrected chi connectivity index (χ3v) is 5.10. The molecule has 0 unspecified atom stereocenters. The van der Waals surface area contributed by atoms with Crippen LogP contribution in [0.25, 0.3) is 0 Å². The summed E-state index contributed by atoms with van der Waals surface area (Å²) in [4.78, 5) is 0. The predicted molar refractivity (Wildman–Crippen MR) is 61.5 cm³/mol. The van der Waals surface area contributed by atoms with E-state index in [0.717, 1.165) is 0 Å². The second kappa shape index (κ2) is 6.48. The maximum Gasteiger partial charge on any atom is 0.520 e. The van der Waals surface area contributed by atoms with Gasteiger partial charge in [-0.05, 0) is 0 Å². The van der Waals surface area contributed by atoms with Crippen molar-refractivity contribution in [1.82, 2.24) is 0 Å². The highest BCUT2D eigenvalue weighted by Gasteiger charge is 2.39. The fourth-order valence-electron chi connectivity index (χ4n) is 1.42. The molecule has 0 aromatic heterocycles. The molecule has 1 aromatic carbocycles. The summed E-state index contributed by atoms with van der Waals surface area (Å²) in [6.07, 6.45) is -0.380. The van der Waals surface area contributed by atoms with Crippen molar-refractivity contribution in [3.8, 4) is 0 Å². The Morgan fingerprint density at radius 1 is 0.750 bits per heavy atom. The molecule has 1 aromatic rings. The van der Waals surface area contributed by atoms with Crippen LogP contribution in [-0.4, -0.2) is 36.3 Å². The molecule has 0 aliphatic heterocycles. The van der Waals surface area contributed by atoms with Crippen molar-refractivity contribution in [2.45, 2.75) is 0 Å². The van der Waals surface area contributed by atoms with E-state index in [9.17, 15) is 22.0 Å². The number of hydrogen-bond donors (Lipinski definition) is 1. The van der Waals surface area contributed by atoms with Crippen molar-refractivity contribution in [3.63, 3.8) is 0 Å². The lowest BCUT2D eigenvalue weighted by Gasteiger charge is -2.25. The standard InChI is InChI=1S/C10H12F5NO3Si/c1-17-20(18-2,19-3)4-16-10-8(14)6(12)5(11)7(13)9(10)15/h16H,4H2,1-3H3. The third kappa shape index (κ3) is 2.92. The number of nitrogens with one attached hydrogen (secondary N) is 1. The van der Waals surface area contributed by atoms with Crippen LogP contribution in [0.15, 0.2) is 0 Å². The first-order chi connectivity index (χ1) is 9.33. The van der Waals surface area contributed by atoms with Gasteiger partial charge in [-0.15, -0.1) is 0 Å². The van der Waals surface area contributed by atoms with Gasteiger partial charge in [-0.25, -0.2) is 22.0 Å². The van der Waals surface area contributed by atoms with E-state index in [0.29, 0.717) is 0 Å². The Balaban J connectivity index is 3.11. The average Bonchev–Trinajstić information content (AvgIpc) is 2.47. The molecule has 4 nitrogen and oxygen atoms in total. The van der Waals surface area contributed by atoms with E-state index >= 15 is 0 Å². The van der Waals surface area contributed by atoms with E-state index in [2.05, 4.69) is 5.32 Å². The minimum Gasteiger partial charge on any atom is -0.376 e. The Labute approximate surface area is 112 Å². The summed E-state index contributed by atoms with van der Waals surface area (Å²) in [6.45, 7) is 0. The van der Waals surface area contributed by atoms with Crippen LogP contribution < -0.4 is 5.32 Å². The highest BCUT2D eigenvalue weighted by Crippen LogP contribution is 2.27. The van der Waals surface area contributed by atoms with E-state index in [-0.39, 0.29) is 6.17 Å². The van der Waals surface area contributed by atoms with Crippen LogP contribution in [0.5, 0.6) is 0 Å². The van der Waals surface area contributed by atoms with Gasteiger partial charge in [0.1, 0.15) is 5.69 Å². The van der Waals surface area contributed by atoms with Crippen LogP contribution in [0.1, 0.15) is 0 Å². The largest absolute Gasteiger partial charge is 0.520 e. The number of halogens is 5. The summed E-state index contributed by atoms with van der Waals surface area (Å²) in [5, 5.41) is 2.07. The van der Waals surface area contributed by atoms with Gasteiger partial charge in [0.25, 0.3) is 0 Å². The fraction of sp³-hybridized carbons (Fsp3) is 0.400. The Morgan fingerprint density at radius 3 is 1.45 bits per heavy atom. The second-order valence-corrected chi connectivity index (χ2v) is 6.54. The van der Waals surface area contributed by atoms with Crippen LogP contribution in [0.2, 0.25) is 0 Å². The summed E-state index contributed by atoms with van der Waals surface area (Å²) in [5.41, 5.74) is -1.16. The van der Waals surface area contributed by atoms with E-state index < -0.39 is 43.6 Å². The van der Waals surface area contributed by atoms with Gasteiger partial charge in [0.15, 0.2) is 23.3 Å². The zero-order chi connectivity index (χ0) is 15.5. The fourth-order valence-corrected chi connectivity index (χ4v) is 2.75. The Bertz CT molecular complexity index is 461. The van der Waals surface area contributed by atoms with Crippen LogP contribution >= 0.6 is 0 Å². The van der Waals surface area contributed by atoms with E-state index in [1.54, 1.807) is 0 Å². The monoisotopic (exact) mass is 317 g/mol. The molecule has 0 radical (unpaired) electrons. The summed E-state index contributed by atoms with van der Waals surface area (Å²) >= 11 is 0. The van der Waals surface area contributed by atoms with Gasteiger partial charge in [-0.3, -0.25) is 0 Å². The Kier molecular flexibility index (Phi) is 5.45. The third-order valence-electron chi connectivity index (χ3n) is 2.62. The van der Waals surface area contributed by atoms with E-state index in [1.165, 1.54) is 21.3 Å². The topological polar surface area (TPSA) is 39.7 Å². The summed E-state index contributed by atoms with van der Waals surface area (Å²) < 4.78 is 80.5. The molecule has 0 saturated carbocycles. The second-order valence-electron chi connectivity index (χ2n) is 3.59. The van der Waals surface area contributed by atoms with Crippen molar-refractivity contribution in [1.29, 1.82) is 0 Å². The molecule has 1 rings (SSSR count). The van der Waals surface area contributed by atoms with Gasteiger partial charge >= 0.3 is 8.80 Å². The van der Waals surface area contributed by atoms with E-state index in [4.69, 9.17) is 13.3 Å². The molecule has 0 atom stereocenters. The zero-order valence-electron chi connectivity index (χ0n) is 10.8. The highest BCUT2D eigenvalue weighted by molar-refractivity contribution is 6.61.